The average molecular weight is 358 g/mol. The van der Waals surface area contributed by atoms with Gasteiger partial charge in [0, 0.05) is 26.2 Å². The van der Waals surface area contributed by atoms with Crippen LogP contribution >= 0.6 is 0 Å². The van der Waals surface area contributed by atoms with Gasteiger partial charge in [-0.1, -0.05) is 18.2 Å². The van der Waals surface area contributed by atoms with Crippen molar-refractivity contribution in [1.82, 2.24) is 4.90 Å². The van der Waals surface area contributed by atoms with Gasteiger partial charge in [-0.15, -0.1) is 0 Å². The summed E-state index contributed by atoms with van der Waals surface area (Å²) in [6.07, 6.45) is 0.999. The highest BCUT2D eigenvalue weighted by molar-refractivity contribution is 5.90. The minimum absolute atomic E-state index is 0.0218. The lowest BCUT2D eigenvalue weighted by molar-refractivity contribution is -0.128. The predicted octanol–water partition coefficient (Wildman–Crippen LogP) is 3.04. The number of methoxy groups -OCH3 is 1. The third-order valence-corrected chi connectivity index (χ3v) is 3.95. The molecule has 0 saturated heterocycles. The number of hydrogen-bond donors (Lipinski definition) is 1. The molecule has 2 amide bonds. The van der Waals surface area contributed by atoms with Crippen molar-refractivity contribution in [2.45, 2.75) is 19.3 Å². The standard InChI is InChI=1S/C20H23FN2O3/c1-23(2)20(25)13-15-4-8-16(9-5-15)22-19(24)11-7-14-6-10-18(26-3)17(21)12-14/h4-6,8-10,12H,7,11,13H2,1-3H3,(H,22,24). The quantitative estimate of drug-likeness (QED) is 0.828. The number of likely N-dealkylation sites (N-methyl/N-ethyl adjacent to an activating group) is 1. The second-order valence-electron chi connectivity index (χ2n) is 6.18. The largest absolute Gasteiger partial charge is 0.494 e. The van der Waals surface area contributed by atoms with Crippen LogP contribution in [0.5, 0.6) is 5.75 Å². The third-order valence-electron chi connectivity index (χ3n) is 3.95. The second-order valence-corrected chi connectivity index (χ2v) is 6.18. The number of anilines is 1. The molecule has 6 heteroatoms. The van der Waals surface area contributed by atoms with Crippen molar-refractivity contribution in [3.05, 3.63) is 59.4 Å². The van der Waals surface area contributed by atoms with Crippen LogP contribution in [0.1, 0.15) is 17.5 Å². The molecule has 0 aliphatic heterocycles. The molecule has 0 unspecified atom stereocenters. The number of halogens is 1. The van der Waals surface area contributed by atoms with Crippen LogP contribution in [0.3, 0.4) is 0 Å². The summed E-state index contributed by atoms with van der Waals surface area (Å²) < 4.78 is 18.5. The first-order chi connectivity index (χ1) is 12.4. The van der Waals surface area contributed by atoms with Gasteiger partial charge in [-0.25, -0.2) is 4.39 Å². The Morgan fingerprint density at radius 1 is 1.08 bits per heavy atom. The lowest BCUT2D eigenvalue weighted by Gasteiger charge is -2.11. The Hall–Kier alpha value is -2.89. The first-order valence-electron chi connectivity index (χ1n) is 8.30. The molecule has 2 aromatic carbocycles. The van der Waals surface area contributed by atoms with Crippen LogP contribution in [0.15, 0.2) is 42.5 Å². The summed E-state index contributed by atoms with van der Waals surface area (Å²) in [7, 11) is 4.84. The zero-order chi connectivity index (χ0) is 19.1. The molecular weight excluding hydrogens is 335 g/mol. The normalized spacial score (nSPS) is 10.3. The van der Waals surface area contributed by atoms with Crippen LogP contribution in [0, 0.1) is 5.82 Å². The van der Waals surface area contributed by atoms with E-state index >= 15 is 0 Å². The number of benzene rings is 2. The average Bonchev–Trinajstić information content (AvgIpc) is 2.61. The van der Waals surface area contributed by atoms with Crippen LogP contribution in [-0.4, -0.2) is 37.9 Å². The molecule has 0 fully saturated rings. The Morgan fingerprint density at radius 3 is 2.31 bits per heavy atom. The number of ether oxygens (including phenoxy) is 1. The molecule has 26 heavy (non-hydrogen) atoms. The fourth-order valence-electron chi connectivity index (χ4n) is 2.39. The summed E-state index contributed by atoms with van der Waals surface area (Å²) in [6.45, 7) is 0. The van der Waals surface area contributed by atoms with Crippen LogP contribution in [0.4, 0.5) is 10.1 Å². The van der Waals surface area contributed by atoms with E-state index in [0.29, 0.717) is 18.5 Å². The Balaban J connectivity index is 1.85. The molecule has 0 aromatic heterocycles. The number of nitrogens with one attached hydrogen (secondary N) is 1. The summed E-state index contributed by atoms with van der Waals surface area (Å²) in [5.74, 6) is -0.383. The lowest BCUT2D eigenvalue weighted by Crippen LogP contribution is -2.23. The summed E-state index contributed by atoms with van der Waals surface area (Å²) in [4.78, 5) is 25.3. The van der Waals surface area contributed by atoms with E-state index in [2.05, 4.69) is 5.32 Å². The van der Waals surface area contributed by atoms with Crippen molar-refractivity contribution >= 4 is 17.5 Å². The van der Waals surface area contributed by atoms with Crippen molar-refractivity contribution < 1.29 is 18.7 Å². The fraction of sp³-hybridized carbons (Fsp3) is 0.300. The van der Waals surface area contributed by atoms with Gasteiger partial charge < -0.3 is 15.0 Å². The van der Waals surface area contributed by atoms with Gasteiger partial charge in [-0.2, -0.15) is 0 Å². The highest BCUT2D eigenvalue weighted by Gasteiger charge is 2.08. The van der Waals surface area contributed by atoms with Gasteiger partial charge in [0.05, 0.1) is 13.5 Å². The van der Waals surface area contributed by atoms with Crippen LogP contribution in [0.2, 0.25) is 0 Å². The van der Waals surface area contributed by atoms with Gasteiger partial charge in [0.2, 0.25) is 11.8 Å². The molecule has 1 N–H and O–H groups in total. The Morgan fingerprint density at radius 2 is 1.73 bits per heavy atom. The number of hydrogen-bond acceptors (Lipinski definition) is 3. The number of carbonyl (C=O) groups excluding carboxylic acids is 2. The number of amides is 2. The monoisotopic (exact) mass is 358 g/mol. The second kappa shape index (κ2) is 8.99. The van der Waals surface area contributed by atoms with Gasteiger partial charge in [-0.05, 0) is 41.8 Å². The van der Waals surface area contributed by atoms with Crippen LogP contribution < -0.4 is 10.1 Å². The van der Waals surface area contributed by atoms with E-state index in [1.165, 1.54) is 18.1 Å². The Kier molecular flexibility index (Phi) is 6.72. The van der Waals surface area contributed by atoms with E-state index in [9.17, 15) is 14.0 Å². The summed E-state index contributed by atoms with van der Waals surface area (Å²) in [5.41, 5.74) is 2.28. The van der Waals surface area contributed by atoms with Gasteiger partial charge in [0.1, 0.15) is 0 Å². The fourth-order valence-corrected chi connectivity index (χ4v) is 2.39. The van der Waals surface area contributed by atoms with E-state index in [0.717, 1.165) is 11.1 Å². The van der Waals surface area contributed by atoms with Gasteiger partial charge >= 0.3 is 0 Å². The molecule has 2 aromatic rings. The van der Waals surface area contributed by atoms with E-state index in [-0.39, 0.29) is 24.0 Å². The minimum Gasteiger partial charge on any atom is -0.494 e. The highest BCUT2D eigenvalue weighted by atomic mass is 19.1. The molecule has 5 nitrogen and oxygen atoms in total. The van der Waals surface area contributed by atoms with Crippen molar-refractivity contribution in [1.29, 1.82) is 0 Å². The SMILES string of the molecule is COc1ccc(CCC(=O)Nc2ccc(CC(=O)N(C)C)cc2)cc1F. The van der Waals surface area contributed by atoms with Crippen molar-refractivity contribution in [2.75, 3.05) is 26.5 Å². The number of rotatable bonds is 7. The molecule has 0 heterocycles. The van der Waals surface area contributed by atoms with E-state index in [4.69, 9.17) is 4.74 Å². The summed E-state index contributed by atoms with van der Waals surface area (Å²) in [6, 6.07) is 11.8. The maximum Gasteiger partial charge on any atom is 0.226 e. The van der Waals surface area contributed by atoms with Crippen LogP contribution in [-0.2, 0) is 22.4 Å². The van der Waals surface area contributed by atoms with Crippen molar-refractivity contribution in [2.24, 2.45) is 0 Å². The molecule has 0 spiro atoms. The van der Waals surface area contributed by atoms with Crippen molar-refractivity contribution in [3.8, 4) is 5.75 Å². The molecule has 0 saturated carbocycles. The Bertz CT molecular complexity index is 773. The van der Waals surface area contributed by atoms with Gasteiger partial charge in [0.25, 0.3) is 0 Å². The van der Waals surface area contributed by atoms with Gasteiger partial charge in [0.15, 0.2) is 11.6 Å². The first-order valence-corrected chi connectivity index (χ1v) is 8.30. The van der Waals surface area contributed by atoms with E-state index in [1.54, 1.807) is 38.4 Å². The molecule has 2 rings (SSSR count). The zero-order valence-corrected chi connectivity index (χ0v) is 15.2. The zero-order valence-electron chi connectivity index (χ0n) is 15.2. The molecule has 0 radical (unpaired) electrons. The number of carbonyl (C=O) groups is 2. The van der Waals surface area contributed by atoms with E-state index < -0.39 is 5.82 Å². The first kappa shape index (κ1) is 19.4. The predicted molar refractivity (Wildman–Crippen MR) is 98.7 cm³/mol. The number of aryl methyl sites for hydroxylation is 1. The maximum atomic E-state index is 13.6. The summed E-state index contributed by atoms with van der Waals surface area (Å²) >= 11 is 0. The molecular formula is C20H23FN2O3. The molecule has 0 aliphatic rings. The van der Waals surface area contributed by atoms with E-state index in [1.807, 2.05) is 12.1 Å². The highest BCUT2D eigenvalue weighted by Crippen LogP contribution is 2.19. The smallest absolute Gasteiger partial charge is 0.226 e. The minimum atomic E-state index is -0.437. The van der Waals surface area contributed by atoms with Crippen LogP contribution in [0.25, 0.3) is 0 Å². The maximum absolute atomic E-state index is 13.6. The molecule has 138 valence electrons. The lowest BCUT2D eigenvalue weighted by atomic mass is 10.1. The Labute approximate surface area is 152 Å². The third kappa shape index (κ3) is 5.58. The summed E-state index contributed by atoms with van der Waals surface area (Å²) in [5, 5.41) is 2.80. The molecule has 0 bridgehead atoms. The molecule has 0 atom stereocenters. The number of nitrogens with zero attached hydrogens (tertiary/aromatic N) is 1. The van der Waals surface area contributed by atoms with Gasteiger partial charge in [-0.3, -0.25) is 9.59 Å². The molecule has 0 aliphatic carbocycles. The van der Waals surface area contributed by atoms with Crippen molar-refractivity contribution in [3.63, 3.8) is 0 Å². The topological polar surface area (TPSA) is 58.6 Å².